The first-order valence-corrected chi connectivity index (χ1v) is 14.8. The maximum atomic E-state index is 15.1. The molecule has 180 valence electrons. The molecular weight excluding hydrogens is 479 g/mol. The molecule has 36 heavy (non-hydrogen) atoms. The highest BCUT2D eigenvalue weighted by atomic mass is 32.7. The van der Waals surface area contributed by atoms with E-state index in [2.05, 4.69) is 50.1 Å². The van der Waals surface area contributed by atoms with Gasteiger partial charge in [0.1, 0.15) is 5.82 Å². The van der Waals surface area contributed by atoms with Crippen LogP contribution >= 0.6 is 19.4 Å². The van der Waals surface area contributed by atoms with Crippen molar-refractivity contribution in [3.8, 4) is 11.6 Å². The number of benzene rings is 3. The van der Waals surface area contributed by atoms with Crippen LogP contribution in [0.25, 0.3) is 10.8 Å². The largest absolute Gasteiger partial charge is 0.248 e. The van der Waals surface area contributed by atoms with Crippen LogP contribution in [-0.2, 0) is 0 Å². The highest BCUT2D eigenvalue weighted by Gasteiger charge is 2.22. The van der Waals surface area contributed by atoms with Crippen LogP contribution in [0.4, 0.5) is 10.1 Å². The van der Waals surface area contributed by atoms with Crippen LogP contribution in [0.15, 0.2) is 96.0 Å². The van der Waals surface area contributed by atoms with Gasteiger partial charge in [0.05, 0.1) is 17.0 Å². The predicted octanol–water partition coefficient (Wildman–Crippen LogP) is 8.55. The fourth-order valence-electron chi connectivity index (χ4n) is 4.57. The Morgan fingerprint density at radius 1 is 1.22 bits per heavy atom. The summed E-state index contributed by atoms with van der Waals surface area (Å²) < 4.78 is 15.1. The monoisotopic (exact) mass is 509 g/mol. The fourth-order valence-corrected chi connectivity index (χ4v) is 5.90. The highest BCUT2D eigenvalue weighted by Crippen LogP contribution is 2.47. The zero-order valence-corrected chi connectivity index (χ0v) is 22.8. The SMILES string of the molecule is C=C/C=C(\C=C/C)C(=Nc1cc2c3c(c(F)ccc3c1)C#CP(S)C(C)CCB2C)c1ccccc1. The van der Waals surface area contributed by atoms with Crippen LogP contribution in [0, 0.1) is 17.4 Å². The third kappa shape index (κ3) is 5.75. The Hall–Kier alpha value is -2.86. The number of hydrogen-bond donors (Lipinski definition) is 1. The topological polar surface area (TPSA) is 12.4 Å². The van der Waals surface area contributed by atoms with Gasteiger partial charge < -0.3 is 0 Å². The van der Waals surface area contributed by atoms with Gasteiger partial charge in [-0.25, -0.2) is 9.38 Å². The molecule has 3 aromatic carbocycles. The fraction of sp³-hybridized carbons (Fsp3) is 0.194. The van der Waals surface area contributed by atoms with Crippen LogP contribution in [-0.4, -0.2) is 18.1 Å². The van der Waals surface area contributed by atoms with E-state index >= 15 is 4.39 Å². The van der Waals surface area contributed by atoms with Crippen molar-refractivity contribution in [2.24, 2.45) is 4.99 Å². The summed E-state index contributed by atoms with van der Waals surface area (Å²) in [5.41, 5.74) is 8.93. The molecule has 1 aliphatic rings. The number of rotatable bonds is 5. The van der Waals surface area contributed by atoms with Gasteiger partial charge in [-0.1, -0.05) is 111 Å². The lowest BCUT2D eigenvalue weighted by molar-refractivity contribution is 0.626. The van der Waals surface area contributed by atoms with Crippen molar-refractivity contribution >= 4 is 53.7 Å². The molecule has 0 radical (unpaired) electrons. The molecule has 1 aliphatic heterocycles. The predicted molar refractivity (Wildman–Crippen MR) is 163 cm³/mol. The van der Waals surface area contributed by atoms with Crippen LogP contribution in [0.5, 0.6) is 0 Å². The van der Waals surface area contributed by atoms with E-state index in [9.17, 15) is 0 Å². The van der Waals surface area contributed by atoms with E-state index in [4.69, 9.17) is 17.2 Å². The second kappa shape index (κ2) is 11.9. The zero-order valence-electron chi connectivity index (χ0n) is 21.0. The standard InChI is InChI=1S/C31H30BFNPS/c1-5-10-23(11-6-2)31(24-12-8-7-9-13-24)34-26-20-25-14-15-29(33)27-17-19-35(36)22(3)16-18-32(4)28(21-26)30(25)27/h5-15,20-22,36H,1,16,18H2,2-4H3/b11-6-,23-10+,34-31?. The number of aliphatic imine (C=N–C) groups is 1. The van der Waals surface area contributed by atoms with Crippen molar-refractivity contribution < 1.29 is 4.39 Å². The summed E-state index contributed by atoms with van der Waals surface area (Å²) >= 11 is 4.74. The van der Waals surface area contributed by atoms with Gasteiger partial charge in [-0.3, -0.25) is 0 Å². The molecule has 5 heteroatoms. The highest BCUT2D eigenvalue weighted by molar-refractivity contribution is 8.47. The molecule has 1 heterocycles. The second-order valence-electron chi connectivity index (χ2n) is 9.15. The molecule has 3 aromatic rings. The quantitative estimate of drug-likeness (QED) is 0.0884. The van der Waals surface area contributed by atoms with E-state index in [0.717, 1.165) is 51.5 Å². The smallest absolute Gasteiger partial charge is 0.173 e. The molecule has 0 aromatic heterocycles. The molecule has 0 saturated carbocycles. The Kier molecular flexibility index (Phi) is 8.68. The molecule has 0 fully saturated rings. The normalized spacial score (nSPS) is 18.8. The van der Waals surface area contributed by atoms with Crippen molar-refractivity contribution in [1.29, 1.82) is 0 Å². The third-order valence-corrected chi connectivity index (χ3v) is 9.47. The molecule has 0 N–H and O–H groups in total. The minimum atomic E-state index is -0.763. The molecule has 0 saturated heterocycles. The maximum absolute atomic E-state index is 15.1. The van der Waals surface area contributed by atoms with Crippen molar-refractivity contribution in [3.63, 3.8) is 0 Å². The van der Waals surface area contributed by atoms with Crippen LogP contribution in [0.1, 0.15) is 31.4 Å². The molecule has 2 unspecified atom stereocenters. The van der Waals surface area contributed by atoms with Crippen molar-refractivity contribution in [3.05, 3.63) is 108 Å². The Morgan fingerprint density at radius 3 is 2.72 bits per heavy atom. The van der Waals surface area contributed by atoms with E-state index in [1.54, 1.807) is 6.08 Å². The summed E-state index contributed by atoms with van der Waals surface area (Å²) in [6, 6.07) is 17.7. The van der Waals surface area contributed by atoms with Gasteiger partial charge in [-0.2, -0.15) is 0 Å². The lowest BCUT2D eigenvalue weighted by atomic mass is 9.43. The Balaban J connectivity index is 2.00. The van der Waals surface area contributed by atoms with Crippen molar-refractivity contribution in [1.82, 2.24) is 0 Å². The average molecular weight is 509 g/mol. The molecule has 2 atom stereocenters. The summed E-state index contributed by atoms with van der Waals surface area (Å²) in [6.07, 6.45) is 9.84. The third-order valence-electron chi connectivity index (χ3n) is 6.55. The first kappa shape index (κ1) is 26.2. The van der Waals surface area contributed by atoms with Gasteiger partial charge in [0.25, 0.3) is 0 Å². The molecule has 0 bridgehead atoms. The van der Waals surface area contributed by atoms with E-state index < -0.39 is 7.12 Å². The van der Waals surface area contributed by atoms with E-state index in [1.165, 1.54) is 6.07 Å². The van der Waals surface area contributed by atoms with Crippen LogP contribution < -0.4 is 5.46 Å². The maximum Gasteiger partial charge on any atom is 0.173 e. The number of hydrogen-bond acceptors (Lipinski definition) is 2. The first-order valence-electron chi connectivity index (χ1n) is 12.3. The van der Waals surface area contributed by atoms with Crippen molar-refractivity contribution in [2.45, 2.75) is 39.1 Å². The lowest BCUT2D eigenvalue weighted by Crippen LogP contribution is -2.29. The molecular formula is C31H30BFNPS. The number of thiol groups is 1. The molecule has 0 amide bonds. The van der Waals surface area contributed by atoms with E-state index in [-0.39, 0.29) is 12.5 Å². The summed E-state index contributed by atoms with van der Waals surface area (Å²) in [4.78, 5) is 5.17. The van der Waals surface area contributed by atoms with Gasteiger partial charge >= 0.3 is 0 Å². The van der Waals surface area contributed by atoms with Gasteiger partial charge in [0.15, 0.2) is 6.71 Å². The lowest BCUT2D eigenvalue weighted by Gasteiger charge is -2.20. The Bertz CT molecular complexity index is 1430. The van der Waals surface area contributed by atoms with Crippen LogP contribution in [0.2, 0.25) is 13.1 Å². The first-order chi connectivity index (χ1) is 17.4. The van der Waals surface area contributed by atoms with Gasteiger partial charge in [-0.05, 0) is 41.6 Å². The number of allylic oxidation sites excluding steroid dienone is 5. The zero-order chi connectivity index (χ0) is 25.7. The Labute approximate surface area is 221 Å². The molecule has 0 spiro atoms. The summed E-state index contributed by atoms with van der Waals surface area (Å²) in [5, 5.41) is 1.85. The van der Waals surface area contributed by atoms with E-state index in [1.807, 2.05) is 55.5 Å². The molecule has 4 rings (SSSR count). The molecule has 0 aliphatic carbocycles. The molecule has 1 nitrogen and oxygen atoms in total. The van der Waals surface area contributed by atoms with Gasteiger partial charge in [-0.15, -0.1) is 12.2 Å². The van der Waals surface area contributed by atoms with Crippen LogP contribution in [0.3, 0.4) is 0 Å². The average Bonchev–Trinajstić information content (AvgIpc) is 2.89. The number of halogens is 1. The minimum Gasteiger partial charge on any atom is -0.248 e. The van der Waals surface area contributed by atoms with E-state index in [0.29, 0.717) is 11.2 Å². The summed E-state index contributed by atoms with van der Waals surface area (Å²) in [7, 11) is -0.763. The van der Waals surface area contributed by atoms with Gasteiger partial charge in [0.2, 0.25) is 0 Å². The number of nitrogens with zero attached hydrogens (tertiary/aromatic N) is 1. The summed E-state index contributed by atoms with van der Waals surface area (Å²) in [6.45, 7) is 10.5. The minimum absolute atomic E-state index is 0.237. The Morgan fingerprint density at radius 2 is 2.00 bits per heavy atom. The summed E-state index contributed by atoms with van der Waals surface area (Å²) in [5.74, 6) is 2.89. The second-order valence-corrected chi connectivity index (χ2v) is 12.2. The van der Waals surface area contributed by atoms with Gasteiger partial charge in [0, 0.05) is 18.3 Å². The van der Waals surface area contributed by atoms with Crippen molar-refractivity contribution in [2.75, 3.05) is 0 Å².